The fraction of sp³-hybridized carbons (Fsp3) is 0.731. The Hall–Kier alpha value is -1.38. The Morgan fingerprint density at radius 3 is 2.17 bits per heavy atom. The van der Waals surface area contributed by atoms with Crippen molar-refractivity contribution in [2.45, 2.75) is 83.0 Å². The molecule has 7 rings (SSSR count). The van der Waals surface area contributed by atoms with E-state index >= 15 is 4.39 Å². The number of ether oxygens (including phenoxy) is 1. The zero-order valence-corrected chi connectivity index (χ0v) is 17.4. The van der Waals surface area contributed by atoms with Gasteiger partial charge in [0.05, 0.1) is 12.2 Å². The average molecular weight is 397 g/mol. The quantitative estimate of drug-likeness (QED) is 0.502. The summed E-state index contributed by atoms with van der Waals surface area (Å²) in [5, 5.41) is 0. The Bertz CT molecular complexity index is 783. The first-order chi connectivity index (χ1) is 14.1. The minimum absolute atomic E-state index is 0.0227. The number of carbonyl (C=O) groups excluding carboxylic acids is 1. The van der Waals surface area contributed by atoms with E-state index in [2.05, 4.69) is 0 Å². The predicted molar refractivity (Wildman–Crippen MR) is 111 cm³/mol. The van der Waals surface area contributed by atoms with Crippen LogP contribution in [0.25, 0.3) is 0 Å². The van der Waals surface area contributed by atoms with Crippen LogP contribution in [0.3, 0.4) is 0 Å². The zero-order valence-electron chi connectivity index (χ0n) is 17.4. The van der Waals surface area contributed by atoms with Gasteiger partial charge in [0.2, 0.25) is 0 Å². The van der Waals surface area contributed by atoms with Crippen LogP contribution >= 0.6 is 0 Å². The van der Waals surface area contributed by atoms with Crippen molar-refractivity contribution in [3.63, 3.8) is 0 Å². The second-order valence-electron chi connectivity index (χ2n) is 11.2. The number of carbonyl (C=O) groups is 1. The van der Waals surface area contributed by atoms with E-state index in [4.69, 9.17) is 4.74 Å². The van der Waals surface area contributed by atoms with Crippen molar-refractivity contribution in [1.82, 2.24) is 0 Å². The smallest absolute Gasteiger partial charge is 0.168 e. The Morgan fingerprint density at radius 1 is 0.966 bits per heavy atom. The Morgan fingerprint density at radius 2 is 1.59 bits per heavy atom. The van der Waals surface area contributed by atoms with Gasteiger partial charge in [-0.3, -0.25) is 4.79 Å². The van der Waals surface area contributed by atoms with Crippen LogP contribution in [-0.4, -0.2) is 12.4 Å². The maximum atomic E-state index is 15.0. The number of benzene rings is 1. The van der Waals surface area contributed by atoms with Gasteiger partial charge in [-0.25, -0.2) is 4.39 Å². The monoisotopic (exact) mass is 396 g/mol. The summed E-state index contributed by atoms with van der Waals surface area (Å²) in [4.78, 5) is 12.9. The average Bonchev–Trinajstić information content (AvgIpc) is 3.38. The highest BCUT2D eigenvalue weighted by Gasteiger charge is 2.51. The van der Waals surface area contributed by atoms with Gasteiger partial charge in [-0.15, -0.1) is 0 Å². The third-order valence-electron chi connectivity index (χ3n) is 8.81. The van der Waals surface area contributed by atoms with Crippen molar-refractivity contribution in [3.05, 3.63) is 29.1 Å². The van der Waals surface area contributed by atoms with E-state index in [1.807, 2.05) is 6.07 Å². The summed E-state index contributed by atoms with van der Waals surface area (Å²) in [5.41, 5.74) is 1.74. The lowest BCUT2D eigenvalue weighted by Gasteiger charge is -2.56. The molecule has 29 heavy (non-hydrogen) atoms. The van der Waals surface area contributed by atoms with Crippen molar-refractivity contribution in [3.8, 4) is 5.75 Å². The minimum Gasteiger partial charge on any atom is -0.493 e. The van der Waals surface area contributed by atoms with Gasteiger partial charge in [-0.2, -0.15) is 0 Å². The van der Waals surface area contributed by atoms with Gasteiger partial charge in [-0.1, -0.05) is 12.8 Å². The Labute approximate surface area is 173 Å². The second kappa shape index (κ2) is 6.82. The molecule has 6 fully saturated rings. The SMILES string of the molecule is O=C(c1cc(C2CC2)c(OCC23CC4CC(CC(C4)C2)C3)cc1F)C1CCCC1. The largest absolute Gasteiger partial charge is 0.493 e. The van der Waals surface area contributed by atoms with Gasteiger partial charge in [0.1, 0.15) is 11.6 Å². The fourth-order valence-electron chi connectivity index (χ4n) is 7.70. The molecular formula is C26H33FO2. The number of ketones is 1. The number of hydrogen-bond donors (Lipinski definition) is 0. The van der Waals surface area contributed by atoms with Crippen LogP contribution in [0, 0.1) is 34.9 Å². The molecule has 4 bridgehead atoms. The highest BCUT2D eigenvalue weighted by Crippen LogP contribution is 2.60. The molecule has 6 saturated carbocycles. The first-order valence-electron chi connectivity index (χ1n) is 12.1. The maximum absolute atomic E-state index is 15.0. The fourth-order valence-corrected chi connectivity index (χ4v) is 7.70. The number of Topliss-reactive ketones (excluding diaryl/α,β-unsaturated/α-hetero) is 1. The summed E-state index contributed by atoms with van der Waals surface area (Å²) in [7, 11) is 0. The first kappa shape index (κ1) is 18.4. The normalized spacial score (nSPS) is 36.0. The van der Waals surface area contributed by atoms with Crippen molar-refractivity contribution >= 4 is 5.78 Å². The molecule has 2 nitrogen and oxygen atoms in total. The lowest BCUT2D eigenvalue weighted by atomic mass is 9.50. The van der Waals surface area contributed by atoms with Crippen molar-refractivity contribution < 1.29 is 13.9 Å². The molecule has 0 aromatic heterocycles. The molecule has 3 heteroatoms. The minimum atomic E-state index is -0.369. The highest BCUT2D eigenvalue weighted by atomic mass is 19.1. The van der Waals surface area contributed by atoms with Crippen molar-refractivity contribution in [2.24, 2.45) is 29.1 Å². The van der Waals surface area contributed by atoms with Crippen LogP contribution < -0.4 is 4.74 Å². The van der Waals surface area contributed by atoms with Gasteiger partial charge >= 0.3 is 0 Å². The van der Waals surface area contributed by atoms with Crippen molar-refractivity contribution in [1.29, 1.82) is 0 Å². The molecule has 6 aliphatic carbocycles. The molecule has 0 N–H and O–H groups in total. The van der Waals surface area contributed by atoms with E-state index in [1.54, 1.807) is 6.07 Å². The highest BCUT2D eigenvalue weighted by molar-refractivity contribution is 5.98. The van der Waals surface area contributed by atoms with E-state index in [9.17, 15) is 4.79 Å². The standard InChI is InChI=1S/C26H33FO2/c27-23-11-24(29-15-26-12-16-7-17(13-26)9-18(8-16)14-26)21(19-5-6-19)10-22(23)25(28)20-3-1-2-4-20/h10-11,16-20H,1-9,12-15H2. The molecule has 6 aliphatic rings. The van der Waals surface area contributed by atoms with Crippen LogP contribution in [0.15, 0.2) is 12.1 Å². The van der Waals surface area contributed by atoms with E-state index in [-0.39, 0.29) is 17.5 Å². The molecule has 0 radical (unpaired) electrons. The van der Waals surface area contributed by atoms with E-state index in [1.165, 1.54) is 38.5 Å². The molecule has 0 atom stereocenters. The maximum Gasteiger partial charge on any atom is 0.168 e. The van der Waals surface area contributed by atoms with E-state index in [0.717, 1.165) is 74.2 Å². The molecule has 0 aliphatic heterocycles. The predicted octanol–water partition coefficient (Wildman–Crippen LogP) is 6.67. The van der Waals surface area contributed by atoms with Gasteiger partial charge in [0.25, 0.3) is 0 Å². The van der Waals surface area contributed by atoms with Crippen LogP contribution in [-0.2, 0) is 0 Å². The number of hydrogen-bond acceptors (Lipinski definition) is 2. The molecule has 1 aromatic carbocycles. The molecule has 0 amide bonds. The molecule has 0 saturated heterocycles. The molecule has 0 heterocycles. The summed E-state index contributed by atoms with van der Waals surface area (Å²) in [6.45, 7) is 0.742. The summed E-state index contributed by atoms with van der Waals surface area (Å²) in [6.07, 6.45) is 14.5. The molecule has 1 aromatic rings. The van der Waals surface area contributed by atoms with Gasteiger partial charge < -0.3 is 4.74 Å². The van der Waals surface area contributed by atoms with Crippen molar-refractivity contribution in [2.75, 3.05) is 6.61 Å². The Balaban J connectivity index is 1.24. The molecule has 0 spiro atoms. The lowest BCUT2D eigenvalue weighted by Crippen LogP contribution is -2.48. The third-order valence-corrected chi connectivity index (χ3v) is 8.81. The van der Waals surface area contributed by atoms with Gasteiger partial charge in [0.15, 0.2) is 5.78 Å². The summed E-state index contributed by atoms with van der Waals surface area (Å²) in [5.74, 6) is 3.56. The summed E-state index contributed by atoms with van der Waals surface area (Å²) in [6, 6.07) is 3.42. The summed E-state index contributed by atoms with van der Waals surface area (Å²) < 4.78 is 21.4. The lowest BCUT2D eigenvalue weighted by molar-refractivity contribution is -0.0747. The number of rotatable bonds is 6. The summed E-state index contributed by atoms with van der Waals surface area (Å²) >= 11 is 0. The molecule has 0 unspecified atom stereocenters. The first-order valence-corrected chi connectivity index (χ1v) is 12.1. The van der Waals surface area contributed by atoms with Crippen LogP contribution in [0.5, 0.6) is 5.75 Å². The zero-order chi connectivity index (χ0) is 19.6. The Kier molecular flexibility index (Phi) is 4.33. The second-order valence-corrected chi connectivity index (χ2v) is 11.2. The van der Waals surface area contributed by atoms with Crippen LogP contribution in [0.4, 0.5) is 4.39 Å². The third kappa shape index (κ3) is 3.33. The van der Waals surface area contributed by atoms with E-state index in [0.29, 0.717) is 16.9 Å². The van der Waals surface area contributed by atoms with Crippen LogP contribution in [0.2, 0.25) is 0 Å². The van der Waals surface area contributed by atoms with Gasteiger partial charge in [-0.05, 0) is 99.5 Å². The molecular weight excluding hydrogens is 363 g/mol. The van der Waals surface area contributed by atoms with Gasteiger partial charge in [0, 0.05) is 17.4 Å². The topological polar surface area (TPSA) is 26.3 Å². The van der Waals surface area contributed by atoms with Crippen LogP contribution in [0.1, 0.15) is 98.9 Å². The molecule has 156 valence electrons. The number of halogens is 1. The van der Waals surface area contributed by atoms with E-state index < -0.39 is 0 Å².